The summed E-state index contributed by atoms with van der Waals surface area (Å²) in [7, 11) is 0. The molecule has 1 aromatic carbocycles. The molecular formula is C27H45NO3. The van der Waals surface area contributed by atoms with Gasteiger partial charge in [-0.25, -0.2) is 0 Å². The molecule has 3 rings (SSSR count). The van der Waals surface area contributed by atoms with Gasteiger partial charge < -0.3 is 9.47 Å². The van der Waals surface area contributed by atoms with Crippen LogP contribution in [0.2, 0.25) is 0 Å². The molecule has 0 aromatic heterocycles. The van der Waals surface area contributed by atoms with Gasteiger partial charge in [-0.1, -0.05) is 75.8 Å². The fourth-order valence-corrected chi connectivity index (χ4v) is 5.67. The lowest BCUT2D eigenvalue weighted by Crippen LogP contribution is -2.65. The van der Waals surface area contributed by atoms with E-state index < -0.39 is 5.79 Å². The fraction of sp³-hybridized carbons (Fsp3) is 0.778. The second-order valence-corrected chi connectivity index (χ2v) is 10.9. The highest BCUT2D eigenvalue weighted by molar-refractivity contribution is 5.17. The van der Waals surface area contributed by atoms with Gasteiger partial charge in [0.25, 0.3) is 0 Å². The number of piperidine rings is 1. The van der Waals surface area contributed by atoms with E-state index in [2.05, 4.69) is 70.9 Å². The van der Waals surface area contributed by atoms with E-state index in [1.165, 1.54) is 44.1 Å². The molecule has 1 aromatic rings. The summed E-state index contributed by atoms with van der Waals surface area (Å²) >= 11 is 0. The van der Waals surface area contributed by atoms with Crippen molar-refractivity contribution in [2.45, 2.75) is 128 Å². The Morgan fingerprint density at radius 3 is 2.23 bits per heavy atom. The van der Waals surface area contributed by atoms with Gasteiger partial charge in [-0.2, -0.15) is 5.06 Å². The average Bonchev–Trinajstić information content (AvgIpc) is 3.08. The molecule has 0 aliphatic carbocycles. The summed E-state index contributed by atoms with van der Waals surface area (Å²) < 4.78 is 13.0. The smallest absolute Gasteiger partial charge is 0.172 e. The first-order valence-electron chi connectivity index (χ1n) is 12.5. The normalized spacial score (nSPS) is 25.7. The van der Waals surface area contributed by atoms with Crippen LogP contribution >= 0.6 is 0 Å². The molecule has 4 nitrogen and oxygen atoms in total. The molecule has 2 fully saturated rings. The van der Waals surface area contributed by atoms with Crippen LogP contribution in [0.25, 0.3) is 0 Å². The monoisotopic (exact) mass is 431 g/mol. The van der Waals surface area contributed by atoms with Crippen molar-refractivity contribution in [3.8, 4) is 0 Å². The number of nitrogens with zero attached hydrogens (tertiary/aromatic N) is 1. The Morgan fingerprint density at radius 1 is 0.968 bits per heavy atom. The van der Waals surface area contributed by atoms with Gasteiger partial charge in [0.05, 0.1) is 12.7 Å². The minimum absolute atomic E-state index is 0.000304. The fourth-order valence-electron chi connectivity index (χ4n) is 5.67. The molecule has 2 aliphatic heterocycles. The maximum atomic E-state index is 6.62. The van der Waals surface area contributed by atoms with Crippen molar-refractivity contribution >= 4 is 0 Å². The van der Waals surface area contributed by atoms with Crippen LogP contribution in [0.5, 0.6) is 0 Å². The van der Waals surface area contributed by atoms with Crippen molar-refractivity contribution in [3.63, 3.8) is 0 Å². The highest BCUT2D eigenvalue weighted by atomic mass is 16.7. The van der Waals surface area contributed by atoms with Crippen LogP contribution < -0.4 is 0 Å². The summed E-state index contributed by atoms with van der Waals surface area (Å²) in [4.78, 5) is 6.57. The summed E-state index contributed by atoms with van der Waals surface area (Å²) in [6.07, 6.45) is 10.9. The number of benzene rings is 1. The predicted octanol–water partition coefficient (Wildman–Crippen LogP) is 7.19. The first-order valence-corrected chi connectivity index (χ1v) is 12.5. The quantitative estimate of drug-likeness (QED) is 0.367. The molecule has 0 N–H and O–H groups in total. The zero-order valence-corrected chi connectivity index (χ0v) is 20.8. The highest BCUT2D eigenvalue weighted by Crippen LogP contribution is 2.49. The van der Waals surface area contributed by atoms with Crippen molar-refractivity contribution in [2.24, 2.45) is 0 Å². The van der Waals surface area contributed by atoms with E-state index in [1.54, 1.807) is 0 Å². The molecule has 1 spiro atoms. The largest absolute Gasteiger partial charge is 0.347 e. The van der Waals surface area contributed by atoms with Crippen molar-refractivity contribution in [2.75, 3.05) is 6.61 Å². The Balaban J connectivity index is 1.58. The highest BCUT2D eigenvalue weighted by Gasteiger charge is 2.57. The lowest BCUT2D eigenvalue weighted by molar-refractivity contribution is -0.351. The van der Waals surface area contributed by atoms with Crippen LogP contribution in [-0.4, -0.2) is 34.6 Å². The van der Waals surface area contributed by atoms with Crippen LogP contribution in [0.15, 0.2) is 30.3 Å². The maximum Gasteiger partial charge on any atom is 0.172 e. The number of hydroxylamine groups is 2. The van der Waals surface area contributed by atoms with Crippen LogP contribution in [0.1, 0.15) is 111 Å². The number of unbranched alkanes of at least 4 members (excludes halogenated alkanes) is 5. The molecule has 31 heavy (non-hydrogen) atoms. The Morgan fingerprint density at radius 2 is 1.58 bits per heavy atom. The number of hydrogen-bond donors (Lipinski definition) is 0. The number of rotatable bonds is 10. The Labute approximate surface area is 190 Å². The molecular weight excluding hydrogens is 386 g/mol. The minimum atomic E-state index is -0.490. The molecule has 2 saturated heterocycles. The third-order valence-corrected chi connectivity index (χ3v) is 6.83. The first kappa shape index (κ1) is 24.7. The minimum Gasteiger partial charge on any atom is -0.347 e. The van der Waals surface area contributed by atoms with E-state index in [-0.39, 0.29) is 23.3 Å². The molecule has 2 aliphatic rings. The third kappa shape index (κ3) is 6.31. The molecule has 2 heterocycles. The van der Waals surface area contributed by atoms with Gasteiger partial charge in [0.15, 0.2) is 5.79 Å². The van der Waals surface area contributed by atoms with Gasteiger partial charge in [0.1, 0.15) is 6.10 Å². The topological polar surface area (TPSA) is 30.9 Å². The van der Waals surface area contributed by atoms with Crippen molar-refractivity contribution in [1.29, 1.82) is 0 Å². The van der Waals surface area contributed by atoms with Crippen LogP contribution in [-0.2, 0) is 14.3 Å². The van der Waals surface area contributed by atoms with Gasteiger partial charge >= 0.3 is 0 Å². The lowest BCUT2D eigenvalue weighted by atomic mass is 9.78. The second kappa shape index (κ2) is 10.3. The summed E-state index contributed by atoms with van der Waals surface area (Å²) in [5, 5.41) is 2.21. The van der Waals surface area contributed by atoms with Crippen LogP contribution in [0.3, 0.4) is 0 Å². The van der Waals surface area contributed by atoms with E-state index in [0.717, 1.165) is 25.9 Å². The SMILES string of the molecule is CCCCCCCCC1COC2(CC(C)(C)N(OC(C)c3ccccc3)C(C)(C)C2)O1. The summed E-state index contributed by atoms with van der Waals surface area (Å²) in [6.45, 7) is 14.1. The standard InChI is InChI=1S/C27H45NO3/c1-7-8-9-10-11-15-18-24-19-29-27(30-24)20-25(3,4)28(26(5,6)21-27)31-22(2)23-16-13-12-14-17-23/h12-14,16-17,22,24H,7-11,15,18-21H2,1-6H3. The molecule has 2 atom stereocenters. The van der Waals surface area contributed by atoms with Crippen molar-refractivity contribution < 1.29 is 14.3 Å². The second-order valence-electron chi connectivity index (χ2n) is 10.9. The number of ether oxygens (including phenoxy) is 2. The molecule has 0 saturated carbocycles. The molecule has 2 unspecified atom stereocenters. The van der Waals surface area contributed by atoms with E-state index in [4.69, 9.17) is 14.3 Å². The van der Waals surface area contributed by atoms with E-state index >= 15 is 0 Å². The molecule has 176 valence electrons. The Hall–Kier alpha value is -0.940. The zero-order valence-electron chi connectivity index (χ0n) is 20.8. The summed E-state index contributed by atoms with van der Waals surface area (Å²) in [5.41, 5.74) is 0.807. The van der Waals surface area contributed by atoms with Gasteiger partial charge in [-0.3, -0.25) is 4.84 Å². The van der Waals surface area contributed by atoms with Crippen molar-refractivity contribution in [3.05, 3.63) is 35.9 Å². The lowest BCUT2D eigenvalue weighted by Gasteiger charge is -2.56. The molecule has 0 amide bonds. The van der Waals surface area contributed by atoms with E-state index in [0.29, 0.717) is 0 Å². The first-order chi connectivity index (χ1) is 14.7. The summed E-state index contributed by atoms with van der Waals surface area (Å²) in [5.74, 6) is -0.490. The van der Waals surface area contributed by atoms with Gasteiger partial charge in [-0.05, 0) is 46.6 Å². The van der Waals surface area contributed by atoms with Gasteiger partial charge in [-0.15, -0.1) is 0 Å². The maximum absolute atomic E-state index is 6.62. The molecule has 0 bridgehead atoms. The van der Waals surface area contributed by atoms with Crippen LogP contribution in [0.4, 0.5) is 0 Å². The zero-order chi connectivity index (χ0) is 22.5. The van der Waals surface area contributed by atoms with E-state index in [9.17, 15) is 0 Å². The van der Waals surface area contributed by atoms with Gasteiger partial charge in [0, 0.05) is 23.9 Å². The molecule has 4 heteroatoms. The Bertz CT molecular complexity index is 654. The summed E-state index contributed by atoms with van der Waals surface area (Å²) in [6, 6.07) is 10.4. The number of hydrogen-bond acceptors (Lipinski definition) is 4. The van der Waals surface area contributed by atoms with Crippen LogP contribution in [0, 0.1) is 0 Å². The van der Waals surface area contributed by atoms with Gasteiger partial charge in [0.2, 0.25) is 0 Å². The predicted molar refractivity (Wildman–Crippen MR) is 127 cm³/mol. The average molecular weight is 432 g/mol. The van der Waals surface area contributed by atoms with E-state index in [1.807, 2.05) is 6.07 Å². The Kier molecular flexibility index (Phi) is 8.23. The molecule has 0 radical (unpaired) electrons. The third-order valence-electron chi connectivity index (χ3n) is 6.83. The van der Waals surface area contributed by atoms with Crippen molar-refractivity contribution in [1.82, 2.24) is 5.06 Å².